The molecule has 0 aromatic heterocycles. The summed E-state index contributed by atoms with van der Waals surface area (Å²) in [4.78, 5) is 2.56. The SMILES string of the molecule is CCCNCCC(C)N1CCc2ccccc21. The van der Waals surface area contributed by atoms with E-state index in [9.17, 15) is 0 Å². The van der Waals surface area contributed by atoms with Crippen LogP contribution < -0.4 is 10.2 Å². The van der Waals surface area contributed by atoms with Crippen LogP contribution in [-0.4, -0.2) is 25.7 Å². The van der Waals surface area contributed by atoms with Crippen LogP contribution in [0.5, 0.6) is 0 Å². The predicted molar refractivity (Wildman–Crippen MR) is 74.7 cm³/mol. The number of anilines is 1. The zero-order chi connectivity index (χ0) is 12.1. The molecule has 2 heteroatoms. The summed E-state index contributed by atoms with van der Waals surface area (Å²) in [7, 11) is 0. The molecule has 17 heavy (non-hydrogen) atoms. The van der Waals surface area contributed by atoms with Gasteiger partial charge in [0.25, 0.3) is 0 Å². The van der Waals surface area contributed by atoms with Gasteiger partial charge in [0.1, 0.15) is 0 Å². The number of hydrogen-bond donors (Lipinski definition) is 1. The average molecular weight is 232 g/mol. The number of fused-ring (bicyclic) bond motifs is 1. The summed E-state index contributed by atoms with van der Waals surface area (Å²) >= 11 is 0. The Bertz CT molecular complexity index is 349. The molecular formula is C15H24N2. The molecule has 2 rings (SSSR count). The molecule has 0 saturated heterocycles. The largest absolute Gasteiger partial charge is 0.368 e. The van der Waals surface area contributed by atoms with Crippen molar-refractivity contribution >= 4 is 5.69 Å². The van der Waals surface area contributed by atoms with Gasteiger partial charge in [0.05, 0.1) is 0 Å². The Labute approximate surface area is 105 Å². The van der Waals surface area contributed by atoms with Gasteiger partial charge < -0.3 is 10.2 Å². The fraction of sp³-hybridized carbons (Fsp3) is 0.600. The van der Waals surface area contributed by atoms with E-state index in [0.29, 0.717) is 6.04 Å². The molecule has 1 N–H and O–H groups in total. The molecule has 1 atom stereocenters. The zero-order valence-corrected chi connectivity index (χ0v) is 11.1. The molecule has 0 saturated carbocycles. The molecule has 0 fully saturated rings. The van der Waals surface area contributed by atoms with Gasteiger partial charge in [0.15, 0.2) is 0 Å². The molecule has 1 unspecified atom stereocenters. The van der Waals surface area contributed by atoms with Crippen molar-refractivity contribution in [3.05, 3.63) is 29.8 Å². The molecule has 1 aliphatic heterocycles. The van der Waals surface area contributed by atoms with Gasteiger partial charge in [0, 0.05) is 18.3 Å². The second-order valence-electron chi connectivity index (χ2n) is 4.96. The Morgan fingerprint density at radius 3 is 2.94 bits per heavy atom. The van der Waals surface area contributed by atoms with Crippen LogP contribution in [0.1, 0.15) is 32.3 Å². The van der Waals surface area contributed by atoms with Gasteiger partial charge in [-0.25, -0.2) is 0 Å². The van der Waals surface area contributed by atoms with Crippen LogP contribution in [0.4, 0.5) is 5.69 Å². The standard InChI is InChI=1S/C15H24N2/c1-3-10-16-11-8-13(2)17-12-9-14-6-4-5-7-15(14)17/h4-7,13,16H,3,8-12H2,1-2H3. The summed E-state index contributed by atoms with van der Waals surface area (Å²) in [5, 5.41) is 3.49. The smallest absolute Gasteiger partial charge is 0.0401 e. The molecule has 0 spiro atoms. The van der Waals surface area contributed by atoms with E-state index in [0.717, 1.165) is 13.1 Å². The minimum absolute atomic E-state index is 0.642. The van der Waals surface area contributed by atoms with Crippen LogP contribution in [0.2, 0.25) is 0 Å². The van der Waals surface area contributed by atoms with Gasteiger partial charge in [-0.05, 0) is 50.9 Å². The number of nitrogens with zero attached hydrogens (tertiary/aromatic N) is 1. The lowest BCUT2D eigenvalue weighted by atomic mass is 10.1. The number of benzene rings is 1. The Morgan fingerprint density at radius 2 is 2.12 bits per heavy atom. The topological polar surface area (TPSA) is 15.3 Å². The lowest BCUT2D eigenvalue weighted by Gasteiger charge is -2.27. The van der Waals surface area contributed by atoms with Crippen molar-refractivity contribution in [3.63, 3.8) is 0 Å². The minimum atomic E-state index is 0.642. The van der Waals surface area contributed by atoms with Crippen molar-refractivity contribution in [1.29, 1.82) is 0 Å². The molecule has 0 radical (unpaired) electrons. The molecule has 1 aromatic rings. The highest BCUT2D eigenvalue weighted by molar-refractivity contribution is 5.58. The van der Waals surface area contributed by atoms with E-state index in [1.807, 2.05) is 0 Å². The predicted octanol–water partition coefficient (Wildman–Crippen LogP) is 2.83. The number of nitrogens with one attached hydrogen (secondary N) is 1. The van der Waals surface area contributed by atoms with E-state index in [4.69, 9.17) is 0 Å². The normalized spacial score (nSPS) is 16.0. The first-order valence-electron chi connectivity index (χ1n) is 6.88. The average Bonchev–Trinajstić information content (AvgIpc) is 2.78. The van der Waals surface area contributed by atoms with Gasteiger partial charge in [-0.15, -0.1) is 0 Å². The highest BCUT2D eigenvalue weighted by atomic mass is 15.2. The quantitative estimate of drug-likeness (QED) is 0.759. The van der Waals surface area contributed by atoms with E-state index in [1.165, 1.54) is 37.1 Å². The van der Waals surface area contributed by atoms with Crippen LogP contribution in [0.15, 0.2) is 24.3 Å². The van der Waals surface area contributed by atoms with Crippen molar-refractivity contribution in [1.82, 2.24) is 5.32 Å². The molecule has 1 aliphatic rings. The zero-order valence-electron chi connectivity index (χ0n) is 11.1. The number of rotatable bonds is 6. The highest BCUT2D eigenvalue weighted by Crippen LogP contribution is 2.29. The highest BCUT2D eigenvalue weighted by Gasteiger charge is 2.22. The van der Waals surface area contributed by atoms with Crippen LogP contribution in [-0.2, 0) is 6.42 Å². The second kappa shape index (κ2) is 6.06. The monoisotopic (exact) mass is 232 g/mol. The van der Waals surface area contributed by atoms with E-state index in [1.54, 1.807) is 0 Å². The Balaban J connectivity index is 1.87. The maximum Gasteiger partial charge on any atom is 0.0401 e. The Hall–Kier alpha value is -1.02. The van der Waals surface area contributed by atoms with Crippen molar-refractivity contribution in [2.75, 3.05) is 24.5 Å². The summed E-state index contributed by atoms with van der Waals surface area (Å²) in [5.41, 5.74) is 2.97. The lowest BCUT2D eigenvalue weighted by molar-refractivity contribution is 0.556. The first kappa shape index (κ1) is 12.4. The van der Waals surface area contributed by atoms with Crippen molar-refractivity contribution in [2.24, 2.45) is 0 Å². The van der Waals surface area contributed by atoms with Crippen LogP contribution >= 0.6 is 0 Å². The molecule has 0 aliphatic carbocycles. The summed E-state index contributed by atoms with van der Waals surface area (Å²) < 4.78 is 0. The molecule has 94 valence electrons. The molecule has 1 heterocycles. The third kappa shape index (κ3) is 3.01. The molecule has 1 aromatic carbocycles. The number of para-hydroxylation sites is 1. The molecular weight excluding hydrogens is 208 g/mol. The van der Waals surface area contributed by atoms with E-state index in [-0.39, 0.29) is 0 Å². The van der Waals surface area contributed by atoms with Crippen molar-refractivity contribution < 1.29 is 0 Å². The first-order chi connectivity index (χ1) is 8.33. The van der Waals surface area contributed by atoms with Gasteiger partial charge in [-0.1, -0.05) is 25.1 Å². The van der Waals surface area contributed by atoms with Gasteiger partial charge in [-0.2, -0.15) is 0 Å². The first-order valence-corrected chi connectivity index (χ1v) is 6.88. The lowest BCUT2D eigenvalue weighted by Crippen LogP contribution is -2.34. The van der Waals surface area contributed by atoms with Crippen LogP contribution in [0.25, 0.3) is 0 Å². The molecule has 0 amide bonds. The Kier molecular flexibility index (Phi) is 4.43. The summed E-state index contributed by atoms with van der Waals surface area (Å²) in [6.07, 6.45) is 3.66. The van der Waals surface area contributed by atoms with Gasteiger partial charge in [-0.3, -0.25) is 0 Å². The molecule has 0 bridgehead atoms. The summed E-state index contributed by atoms with van der Waals surface area (Å²) in [6.45, 7) is 8.02. The fourth-order valence-corrected chi connectivity index (χ4v) is 2.59. The second-order valence-corrected chi connectivity index (χ2v) is 4.96. The Morgan fingerprint density at radius 1 is 1.29 bits per heavy atom. The van der Waals surface area contributed by atoms with E-state index < -0.39 is 0 Å². The van der Waals surface area contributed by atoms with Crippen molar-refractivity contribution in [2.45, 2.75) is 39.2 Å². The maximum absolute atomic E-state index is 3.49. The third-order valence-electron chi connectivity index (χ3n) is 3.62. The van der Waals surface area contributed by atoms with E-state index >= 15 is 0 Å². The summed E-state index contributed by atoms with van der Waals surface area (Å²) in [6, 6.07) is 9.47. The summed E-state index contributed by atoms with van der Waals surface area (Å²) in [5.74, 6) is 0. The van der Waals surface area contributed by atoms with Gasteiger partial charge in [0.2, 0.25) is 0 Å². The third-order valence-corrected chi connectivity index (χ3v) is 3.62. The van der Waals surface area contributed by atoms with Crippen LogP contribution in [0.3, 0.4) is 0 Å². The van der Waals surface area contributed by atoms with E-state index in [2.05, 4.69) is 48.3 Å². The maximum atomic E-state index is 3.49. The van der Waals surface area contributed by atoms with Gasteiger partial charge >= 0.3 is 0 Å². The fourth-order valence-electron chi connectivity index (χ4n) is 2.59. The molecule has 2 nitrogen and oxygen atoms in total. The van der Waals surface area contributed by atoms with Crippen LogP contribution in [0, 0.1) is 0 Å². The van der Waals surface area contributed by atoms with Crippen molar-refractivity contribution in [3.8, 4) is 0 Å². The number of hydrogen-bond acceptors (Lipinski definition) is 2. The minimum Gasteiger partial charge on any atom is -0.368 e.